The minimum atomic E-state index is -0.00322. The molecule has 2 heteroatoms. The van der Waals surface area contributed by atoms with E-state index in [0.717, 1.165) is 26.1 Å². The first kappa shape index (κ1) is 17.4. The highest BCUT2D eigenvalue weighted by Crippen LogP contribution is 2.25. The lowest BCUT2D eigenvalue weighted by atomic mass is 10.0. The molecule has 0 spiro atoms. The van der Waals surface area contributed by atoms with Gasteiger partial charge >= 0.3 is 0 Å². The summed E-state index contributed by atoms with van der Waals surface area (Å²) in [6, 6.07) is 31.3. The van der Waals surface area contributed by atoms with E-state index in [4.69, 9.17) is 4.74 Å². The van der Waals surface area contributed by atoms with Crippen molar-refractivity contribution in [3.05, 3.63) is 108 Å². The first-order valence-corrected chi connectivity index (χ1v) is 8.89. The van der Waals surface area contributed by atoms with Gasteiger partial charge in [0.25, 0.3) is 0 Å². The number of hydrogen-bond donors (Lipinski definition) is 1. The van der Waals surface area contributed by atoms with Crippen LogP contribution in [0.4, 0.5) is 0 Å². The second-order valence-corrected chi connectivity index (χ2v) is 6.09. The topological polar surface area (TPSA) is 21.3 Å². The SMILES string of the molecule is c1ccc(CNCCCOC(c2ccccc2)c2ccccc2)cc1. The summed E-state index contributed by atoms with van der Waals surface area (Å²) in [4.78, 5) is 0. The monoisotopic (exact) mass is 331 g/mol. The Hall–Kier alpha value is -2.42. The summed E-state index contributed by atoms with van der Waals surface area (Å²) in [7, 11) is 0. The number of rotatable bonds is 9. The molecule has 0 unspecified atom stereocenters. The quantitative estimate of drug-likeness (QED) is 0.559. The van der Waals surface area contributed by atoms with Crippen molar-refractivity contribution in [1.29, 1.82) is 0 Å². The third kappa shape index (κ3) is 5.56. The van der Waals surface area contributed by atoms with E-state index in [1.165, 1.54) is 16.7 Å². The van der Waals surface area contributed by atoms with E-state index in [9.17, 15) is 0 Å². The molecule has 0 aliphatic carbocycles. The Morgan fingerprint density at radius 3 is 1.76 bits per heavy atom. The van der Waals surface area contributed by atoms with Crippen LogP contribution in [0, 0.1) is 0 Å². The van der Waals surface area contributed by atoms with E-state index in [1.54, 1.807) is 0 Å². The van der Waals surface area contributed by atoms with Crippen LogP contribution in [-0.4, -0.2) is 13.2 Å². The van der Waals surface area contributed by atoms with E-state index in [-0.39, 0.29) is 6.10 Å². The minimum Gasteiger partial charge on any atom is -0.369 e. The Morgan fingerprint density at radius 2 is 1.20 bits per heavy atom. The second kappa shape index (κ2) is 9.77. The highest BCUT2D eigenvalue weighted by atomic mass is 16.5. The smallest absolute Gasteiger partial charge is 0.108 e. The molecule has 1 N–H and O–H groups in total. The molecule has 25 heavy (non-hydrogen) atoms. The lowest BCUT2D eigenvalue weighted by Crippen LogP contribution is -2.17. The zero-order valence-corrected chi connectivity index (χ0v) is 14.5. The van der Waals surface area contributed by atoms with Crippen molar-refractivity contribution in [2.45, 2.75) is 19.1 Å². The molecule has 0 saturated carbocycles. The summed E-state index contributed by atoms with van der Waals surface area (Å²) in [5, 5.41) is 3.47. The average molecular weight is 331 g/mol. The molecular weight excluding hydrogens is 306 g/mol. The maximum absolute atomic E-state index is 6.23. The second-order valence-electron chi connectivity index (χ2n) is 6.09. The van der Waals surface area contributed by atoms with E-state index >= 15 is 0 Å². The minimum absolute atomic E-state index is 0.00322. The molecule has 0 aromatic heterocycles. The molecule has 3 aromatic carbocycles. The van der Waals surface area contributed by atoms with Gasteiger partial charge in [0.1, 0.15) is 6.10 Å². The average Bonchev–Trinajstić information content (AvgIpc) is 2.69. The summed E-state index contributed by atoms with van der Waals surface area (Å²) in [5.41, 5.74) is 3.71. The number of hydrogen-bond acceptors (Lipinski definition) is 2. The fourth-order valence-corrected chi connectivity index (χ4v) is 2.87. The maximum atomic E-state index is 6.23. The molecule has 0 fully saturated rings. The largest absolute Gasteiger partial charge is 0.369 e. The van der Waals surface area contributed by atoms with E-state index in [2.05, 4.69) is 78.1 Å². The molecular formula is C23H25NO. The Balaban J connectivity index is 1.48. The highest BCUT2D eigenvalue weighted by molar-refractivity contribution is 5.29. The van der Waals surface area contributed by atoms with Crippen LogP contribution in [0.5, 0.6) is 0 Å². The van der Waals surface area contributed by atoms with Gasteiger partial charge in [-0.05, 0) is 29.7 Å². The van der Waals surface area contributed by atoms with Gasteiger partial charge in [-0.1, -0.05) is 91.0 Å². The van der Waals surface area contributed by atoms with E-state index in [1.807, 2.05) is 18.2 Å². The van der Waals surface area contributed by atoms with Crippen LogP contribution in [0.15, 0.2) is 91.0 Å². The van der Waals surface area contributed by atoms with Gasteiger partial charge in [0, 0.05) is 13.2 Å². The molecule has 0 heterocycles. The van der Waals surface area contributed by atoms with E-state index < -0.39 is 0 Å². The first-order valence-electron chi connectivity index (χ1n) is 8.89. The third-order valence-electron chi connectivity index (χ3n) is 4.16. The van der Waals surface area contributed by atoms with Gasteiger partial charge in [0.15, 0.2) is 0 Å². The van der Waals surface area contributed by atoms with Crippen LogP contribution < -0.4 is 5.32 Å². The van der Waals surface area contributed by atoms with Crippen molar-refractivity contribution in [3.63, 3.8) is 0 Å². The number of benzene rings is 3. The zero-order chi connectivity index (χ0) is 17.2. The fraction of sp³-hybridized carbons (Fsp3) is 0.217. The Morgan fingerprint density at radius 1 is 0.680 bits per heavy atom. The lowest BCUT2D eigenvalue weighted by Gasteiger charge is -2.19. The highest BCUT2D eigenvalue weighted by Gasteiger charge is 2.13. The summed E-state index contributed by atoms with van der Waals surface area (Å²) in [6.45, 7) is 2.59. The van der Waals surface area contributed by atoms with Gasteiger partial charge in [-0.25, -0.2) is 0 Å². The van der Waals surface area contributed by atoms with E-state index in [0.29, 0.717) is 0 Å². The van der Waals surface area contributed by atoms with Crippen LogP contribution >= 0.6 is 0 Å². The molecule has 0 atom stereocenters. The van der Waals surface area contributed by atoms with Crippen molar-refractivity contribution in [3.8, 4) is 0 Å². The maximum Gasteiger partial charge on any atom is 0.108 e. The van der Waals surface area contributed by atoms with Crippen molar-refractivity contribution < 1.29 is 4.74 Å². The van der Waals surface area contributed by atoms with Gasteiger partial charge < -0.3 is 10.1 Å². The number of nitrogens with one attached hydrogen (secondary N) is 1. The van der Waals surface area contributed by atoms with Crippen LogP contribution in [0.1, 0.15) is 29.2 Å². The van der Waals surface area contributed by atoms with Crippen molar-refractivity contribution in [2.75, 3.05) is 13.2 Å². The molecule has 0 bridgehead atoms. The Kier molecular flexibility index (Phi) is 6.80. The summed E-state index contributed by atoms with van der Waals surface area (Å²) < 4.78 is 6.23. The van der Waals surface area contributed by atoms with Gasteiger partial charge in [0.2, 0.25) is 0 Å². The molecule has 2 nitrogen and oxygen atoms in total. The lowest BCUT2D eigenvalue weighted by molar-refractivity contribution is 0.0782. The Bertz CT molecular complexity index is 673. The number of ether oxygens (including phenoxy) is 1. The van der Waals surface area contributed by atoms with Crippen molar-refractivity contribution >= 4 is 0 Å². The summed E-state index contributed by atoms with van der Waals surface area (Å²) >= 11 is 0. The molecule has 0 amide bonds. The molecule has 0 radical (unpaired) electrons. The van der Waals surface area contributed by atoms with Crippen molar-refractivity contribution in [2.24, 2.45) is 0 Å². The molecule has 0 aliphatic rings. The zero-order valence-electron chi connectivity index (χ0n) is 14.5. The first-order chi connectivity index (χ1) is 12.4. The molecule has 0 aliphatic heterocycles. The van der Waals surface area contributed by atoms with Crippen LogP contribution in [0.25, 0.3) is 0 Å². The third-order valence-corrected chi connectivity index (χ3v) is 4.16. The van der Waals surface area contributed by atoms with Crippen LogP contribution in [-0.2, 0) is 11.3 Å². The molecule has 3 aromatic rings. The molecule has 3 rings (SSSR count). The van der Waals surface area contributed by atoms with Gasteiger partial charge in [-0.3, -0.25) is 0 Å². The van der Waals surface area contributed by atoms with Crippen molar-refractivity contribution in [1.82, 2.24) is 5.32 Å². The normalized spacial score (nSPS) is 10.9. The van der Waals surface area contributed by atoms with Gasteiger partial charge in [-0.15, -0.1) is 0 Å². The summed E-state index contributed by atoms with van der Waals surface area (Å²) in [6.07, 6.45) is 0.986. The predicted molar refractivity (Wildman–Crippen MR) is 103 cm³/mol. The van der Waals surface area contributed by atoms with Crippen LogP contribution in [0.2, 0.25) is 0 Å². The van der Waals surface area contributed by atoms with Gasteiger partial charge in [0.05, 0.1) is 0 Å². The molecule has 128 valence electrons. The van der Waals surface area contributed by atoms with Gasteiger partial charge in [-0.2, -0.15) is 0 Å². The Labute approximate surface area is 150 Å². The molecule has 0 saturated heterocycles. The predicted octanol–water partition coefficient (Wildman–Crippen LogP) is 4.97. The standard InChI is InChI=1S/C23H25NO/c1-4-11-20(12-5-1)19-24-17-10-18-25-23(21-13-6-2-7-14-21)22-15-8-3-9-16-22/h1-9,11-16,23-24H,10,17-19H2. The van der Waals surface area contributed by atoms with Crippen LogP contribution in [0.3, 0.4) is 0 Å². The summed E-state index contributed by atoms with van der Waals surface area (Å²) in [5.74, 6) is 0. The fourth-order valence-electron chi connectivity index (χ4n) is 2.87.